The number of nitrogens with one attached hydrogen (secondary N) is 4. The second-order valence-electron chi connectivity index (χ2n) is 4.39. The summed E-state index contributed by atoms with van der Waals surface area (Å²) in [7, 11) is 0. The fourth-order valence-corrected chi connectivity index (χ4v) is 1.95. The zero-order chi connectivity index (χ0) is 14.1. The summed E-state index contributed by atoms with van der Waals surface area (Å²) in [6, 6.07) is 5.01. The Hall–Kier alpha value is -2.90. The number of amides is 2. The van der Waals surface area contributed by atoms with E-state index < -0.39 is 0 Å². The van der Waals surface area contributed by atoms with Gasteiger partial charge in [0.25, 0.3) is 5.91 Å². The summed E-state index contributed by atoms with van der Waals surface area (Å²) in [6.45, 7) is 0. The molecule has 0 spiro atoms. The molecule has 20 heavy (non-hydrogen) atoms. The molecule has 102 valence electrons. The van der Waals surface area contributed by atoms with Gasteiger partial charge >= 0.3 is 5.69 Å². The van der Waals surface area contributed by atoms with Gasteiger partial charge in [-0.3, -0.25) is 9.59 Å². The normalized spacial score (nSPS) is 14.8. The van der Waals surface area contributed by atoms with Crippen LogP contribution in [-0.2, 0) is 9.59 Å². The van der Waals surface area contributed by atoms with Crippen molar-refractivity contribution in [3.05, 3.63) is 28.7 Å². The van der Waals surface area contributed by atoms with Gasteiger partial charge < -0.3 is 15.3 Å². The van der Waals surface area contributed by atoms with E-state index in [1.54, 1.807) is 18.2 Å². The summed E-state index contributed by atoms with van der Waals surface area (Å²) in [5.41, 5.74) is 4.04. The third kappa shape index (κ3) is 2.30. The number of hydrogen-bond acceptors (Lipinski definition) is 4. The van der Waals surface area contributed by atoms with Crippen LogP contribution in [0.4, 0.5) is 5.69 Å². The lowest BCUT2D eigenvalue weighted by molar-refractivity contribution is -0.121. The number of hydrazone groups is 1. The van der Waals surface area contributed by atoms with E-state index in [-0.39, 0.29) is 29.6 Å². The van der Waals surface area contributed by atoms with Gasteiger partial charge in [0.05, 0.1) is 11.0 Å². The number of H-pyrrole nitrogens is 2. The Morgan fingerprint density at radius 1 is 1.15 bits per heavy atom. The van der Waals surface area contributed by atoms with Crippen molar-refractivity contribution in [1.82, 2.24) is 15.4 Å². The Bertz CT molecular complexity index is 786. The molecule has 1 aromatic carbocycles. The van der Waals surface area contributed by atoms with E-state index in [9.17, 15) is 14.4 Å². The monoisotopic (exact) mass is 273 g/mol. The highest BCUT2D eigenvalue weighted by Crippen LogP contribution is 2.15. The van der Waals surface area contributed by atoms with Crippen molar-refractivity contribution in [2.24, 2.45) is 5.10 Å². The molecular formula is C12H11N5O3. The van der Waals surface area contributed by atoms with E-state index in [2.05, 4.69) is 25.8 Å². The molecule has 0 fully saturated rings. The van der Waals surface area contributed by atoms with Crippen LogP contribution in [0.1, 0.15) is 12.8 Å². The molecule has 2 amide bonds. The average Bonchev–Trinajstić information content (AvgIpc) is 2.78. The number of imidazole rings is 1. The zero-order valence-corrected chi connectivity index (χ0v) is 10.3. The average molecular weight is 273 g/mol. The lowest BCUT2D eigenvalue weighted by atomic mass is 10.1. The molecule has 0 radical (unpaired) electrons. The first kappa shape index (κ1) is 12.2. The molecule has 8 nitrogen and oxygen atoms in total. The molecule has 0 unspecified atom stereocenters. The molecule has 3 rings (SSSR count). The van der Waals surface area contributed by atoms with Crippen LogP contribution in [0.5, 0.6) is 0 Å². The second-order valence-corrected chi connectivity index (χ2v) is 4.39. The predicted molar refractivity (Wildman–Crippen MR) is 72.4 cm³/mol. The third-order valence-electron chi connectivity index (χ3n) is 2.94. The van der Waals surface area contributed by atoms with Crippen LogP contribution in [0.15, 0.2) is 28.1 Å². The molecule has 1 aliphatic rings. The molecule has 1 aromatic heterocycles. The summed E-state index contributed by atoms with van der Waals surface area (Å²) in [6.07, 6.45) is 0.553. The van der Waals surface area contributed by atoms with Crippen LogP contribution in [0.2, 0.25) is 0 Å². The highest BCUT2D eigenvalue weighted by molar-refractivity contribution is 6.43. The Balaban J connectivity index is 1.80. The van der Waals surface area contributed by atoms with Crippen molar-refractivity contribution < 1.29 is 9.59 Å². The van der Waals surface area contributed by atoms with Gasteiger partial charge in [-0.15, -0.1) is 0 Å². The number of carbonyl (C=O) groups is 2. The van der Waals surface area contributed by atoms with Gasteiger partial charge in [0.15, 0.2) is 0 Å². The third-order valence-corrected chi connectivity index (χ3v) is 2.94. The Morgan fingerprint density at radius 3 is 2.70 bits per heavy atom. The van der Waals surface area contributed by atoms with Gasteiger partial charge in [-0.1, -0.05) is 0 Å². The standard InChI is InChI=1S/C12H11N5O3/c18-10-4-3-8(16-17-10)11(19)13-6-1-2-7-9(5-6)15-12(20)14-7/h1-2,5H,3-4H2,(H,13,19)(H,17,18)(H2,14,15,20). The minimum atomic E-state index is -0.373. The van der Waals surface area contributed by atoms with Gasteiger partial charge in [0.2, 0.25) is 5.91 Å². The number of fused-ring (bicyclic) bond motifs is 1. The van der Waals surface area contributed by atoms with E-state index in [0.29, 0.717) is 23.1 Å². The quantitative estimate of drug-likeness (QED) is 0.619. The Labute approximate surface area is 112 Å². The maximum atomic E-state index is 11.9. The molecule has 0 atom stereocenters. The highest BCUT2D eigenvalue weighted by atomic mass is 16.2. The van der Waals surface area contributed by atoms with E-state index in [1.165, 1.54) is 0 Å². The lowest BCUT2D eigenvalue weighted by Crippen LogP contribution is -2.32. The van der Waals surface area contributed by atoms with Gasteiger partial charge in [0, 0.05) is 18.5 Å². The Kier molecular flexibility index (Phi) is 2.82. The first-order valence-corrected chi connectivity index (χ1v) is 6.00. The molecule has 2 heterocycles. The predicted octanol–water partition coefficient (Wildman–Crippen LogP) is 0.0607. The molecule has 1 aliphatic heterocycles. The minimum Gasteiger partial charge on any atom is -0.321 e. The van der Waals surface area contributed by atoms with Gasteiger partial charge in [-0.2, -0.15) is 5.10 Å². The fraction of sp³-hybridized carbons (Fsp3) is 0.167. The summed E-state index contributed by atoms with van der Waals surface area (Å²) in [4.78, 5) is 39.3. The topological polar surface area (TPSA) is 119 Å². The van der Waals surface area contributed by atoms with Crippen LogP contribution < -0.4 is 16.4 Å². The van der Waals surface area contributed by atoms with Crippen molar-refractivity contribution in [2.45, 2.75) is 12.8 Å². The van der Waals surface area contributed by atoms with Crippen molar-refractivity contribution in [3.8, 4) is 0 Å². The maximum Gasteiger partial charge on any atom is 0.323 e. The van der Waals surface area contributed by atoms with Gasteiger partial charge in [-0.25, -0.2) is 10.2 Å². The van der Waals surface area contributed by atoms with E-state index >= 15 is 0 Å². The van der Waals surface area contributed by atoms with Crippen LogP contribution >= 0.6 is 0 Å². The number of benzene rings is 1. The molecular weight excluding hydrogens is 262 g/mol. The summed E-state index contributed by atoms with van der Waals surface area (Å²) in [5, 5.41) is 6.38. The van der Waals surface area contributed by atoms with Gasteiger partial charge in [0.1, 0.15) is 5.71 Å². The number of nitrogens with zero attached hydrogens (tertiary/aromatic N) is 1. The first-order valence-electron chi connectivity index (χ1n) is 6.00. The fourth-order valence-electron chi connectivity index (χ4n) is 1.95. The molecule has 0 bridgehead atoms. The van der Waals surface area contributed by atoms with Crippen LogP contribution in [-0.4, -0.2) is 27.5 Å². The maximum absolute atomic E-state index is 11.9. The van der Waals surface area contributed by atoms with E-state index in [4.69, 9.17) is 0 Å². The lowest BCUT2D eigenvalue weighted by Gasteiger charge is -2.11. The molecule has 0 saturated heterocycles. The van der Waals surface area contributed by atoms with E-state index in [1.807, 2.05) is 0 Å². The number of hydrogen-bond donors (Lipinski definition) is 4. The summed E-state index contributed by atoms with van der Waals surface area (Å²) >= 11 is 0. The summed E-state index contributed by atoms with van der Waals surface area (Å²) < 4.78 is 0. The molecule has 0 aliphatic carbocycles. The number of aromatic amines is 2. The van der Waals surface area contributed by atoms with Crippen molar-refractivity contribution in [2.75, 3.05) is 5.32 Å². The van der Waals surface area contributed by atoms with Crippen LogP contribution in [0.25, 0.3) is 11.0 Å². The largest absolute Gasteiger partial charge is 0.323 e. The van der Waals surface area contributed by atoms with Crippen molar-refractivity contribution in [3.63, 3.8) is 0 Å². The number of rotatable bonds is 2. The van der Waals surface area contributed by atoms with Crippen LogP contribution in [0.3, 0.4) is 0 Å². The van der Waals surface area contributed by atoms with Gasteiger partial charge in [-0.05, 0) is 18.2 Å². The van der Waals surface area contributed by atoms with Crippen LogP contribution in [0, 0.1) is 0 Å². The number of aromatic nitrogens is 2. The van der Waals surface area contributed by atoms with Crippen molar-refractivity contribution >= 4 is 34.2 Å². The molecule has 2 aromatic rings. The number of anilines is 1. The smallest absolute Gasteiger partial charge is 0.321 e. The molecule has 4 N–H and O–H groups in total. The highest BCUT2D eigenvalue weighted by Gasteiger charge is 2.18. The summed E-state index contributed by atoms with van der Waals surface area (Å²) in [5.74, 6) is -0.574. The minimum absolute atomic E-state index is 0.201. The first-order chi connectivity index (χ1) is 9.61. The van der Waals surface area contributed by atoms with Crippen molar-refractivity contribution in [1.29, 1.82) is 0 Å². The SMILES string of the molecule is O=C1CCC(C(=O)Nc2ccc3[nH]c(=O)[nH]c3c2)=NN1. The molecule has 8 heteroatoms. The second kappa shape index (κ2) is 4.65. The van der Waals surface area contributed by atoms with E-state index in [0.717, 1.165) is 0 Å². The molecule has 0 saturated carbocycles. The Morgan fingerprint density at radius 2 is 1.95 bits per heavy atom. The number of carbonyl (C=O) groups excluding carboxylic acids is 2. The zero-order valence-electron chi connectivity index (χ0n) is 10.3.